The molecule has 5 nitrogen and oxygen atoms in total. The van der Waals surface area contributed by atoms with Gasteiger partial charge in [-0.25, -0.2) is 0 Å². The highest BCUT2D eigenvalue weighted by molar-refractivity contribution is 7.16. The number of aryl methyl sites for hydroxylation is 1. The van der Waals surface area contributed by atoms with E-state index in [1.54, 1.807) is 30.6 Å². The summed E-state index contributed by atoms with van der Waals surface area (Å²) >= 11 is 1.65. The van der Waals surface area contributed by atoms with Crippen LogP contribution in [0.5, 0.6) is 5.75 Å². The average molecular weight is 439 g/mol. The minimum atomic E-state index is -0.215. The molecule has 3 aromatic rings. The largest absolute Gasteiger partial charge is 0.497 e. The summed E-state index contributed by atoms with van der Waals surface area (Å²) in [7, 11) is 1.70. The van der Waals surface area contributed by atoms with Crippen molar-refractivity contribution in [2.75, 3.05) is 25.5 Å². The van der Waals surface area contributed by atoms with Gasteiger partial charge in [0.05, 0.1) is 19.4 Å². The predicted octanol–water partition coefficient (Wildman–Crippen LogP) is 5.99. The summed E-state index contributed by atoms with van der Waals surface area (Å²) in [6.07, 6.45) is 4.81. The van der Waals surface area contributed by atoms with E-state index in [0.717, 1.165) is 41.7 Å². The first-order chi connectivity index (χ1) is 15.1. The Balaban J connectivity index is 1.74. The molecule has 6 heteroatoms. The Labute approximate surface area is 188 Å². The molecule has 4 rings (SSSR count). The number of carbonyl (C=O) groups excluding carboxylic acids is 1. The first kappa shape index (κ1) is 21.7. The van der Waals surface area contributed by atoms with Gasteiger partial charge in [-0.15, -0.1) is 11.3 Å². The number of thiophene rings is 1. The number of ether oxygens (including phenoxy) is 1. The van der Waals surface area contributed by atoms with Crippen LogP contribution >= 0.6 is 11.3 Å². The van der Waals surface area contributed by atoms with Gasteiger partial charge in [-0.2, -0.15) is 0 Å². The van der Waals surface area contributed by atoms with E-state index in [2.05, 4.69) is 42.3 Å². The summed E-state index contributed by atoms with van der Waals surface area (Å²) in [5, 5.41) is 4.02. The molecule has 1 atom stereocenters. The number of hydrogen-bond acceptors (Lipinski definition) is 5. The third-order valence-electron chi connectivity index (χ3n) is 6.02. The van der Waals surface area contributed by atoms with Crippen LogP contribution in [0.15, 0.2) is 53.1 Å². The maximum absolute atomic E-state index is 12.8. The molecule has 0 unspecified atom stereocenters. The summed E-state index contributed by atoms with van der Waals surface area (Å²) in [6.45, 7) is 6.54. The molecule has 1 aromatic carbocycles. The normalized spacial score (nSPS) is 16.2. The third kappa shape index (κ3) is 4.86. The van der Waals surface area contributed by atoms with Gasteiger partial charge in [-0.1, -0.05) is 26.0 Å². The van der Waals surface area contributed by atoms with Gasteiger partial charge in [0.25, 0.3) is 5.91 Å². The number of likely N-dealkylation sites (tertiary alicyclic amines) is 1. The minimum Gasteiger partial charge on any atom is -0.497 e. The molecule has 0 saturated carbocycles. The number of amides is 1. The van der Waals surface area contributed by atoms with Crippen molar-refractivity contribution >= 4 is 22.2 Å². The second kappa shape index (κ2) is 9.71. The summed E-state index contributed by atoms with van der Waals surface area (Å²) < 4.78 is 10.8. The second-order valence-corrected chi connectivity index (χ2v) is 9.32. The fourth-order valence-electron chi connectivity index (χ4n) is 4.19. The van der Waals surface area contributed by atoms with Gasteiger partial charge in [0.1, 0.15) is 10.8 Å². The first-order valence-corrected chi connectivity index (χ1v) is 11.8. The highest BCUT2D eigenvalue weighted by atomic mass is 32.1. The molecule has 0 bridgehead atoms. The SMILES string of the molecule is CCc1cc([C@@H](c2cccc(OC)c2)N2CCC(C)CC2)c(NC(=O)c2ccco2)s1. The van der Waals surface area contributed by atoms with Crippen molar-refractivity contribution in [3.63, 3.8) is 0 Å². The monoisotopic (exact) mass is 438 g/mol. The Hall–Kier alpha value is -2.57. The van der Waals surface area contributed by atoms with Gasteiger partial charge >= 0.3 is 0 Å². The maximum atomic E-state index is 12.8. The predicted molar refractivity (Wildman–Crippen MR) is 125 cm³/mol. The van der Waals surface area contributed by atoms with E-state index in [9.17, 15) is 4.79 Å². The van der Waals surface area contributed by atoms with Crippen molar-refractivity contribution in [2.24, 2.45) is 5.92 Å². The van der Waals surface area contributed by atoms with Gasteiger partial charge in [0, 0.05) is 10.4 Å². The van der Waals surface area contributed by atoms with E-state index in [0.29, 0.717) is 5.76 Å². The highest BCUT2D eigenvalue weighted by Crippen LogP contribution is 2.41. The number of nitrogens with zero attached hydrogens (tertiary/aromatic N) is 1. The van der Waals surface area contributed by atoms with Gasteiger partial charge in [0.15, 0.2) is 5.76 Å². The lowest BCUT2D eigenvalue weighted by atomic mass is 9.92. The van der Waals surface area contributed by atoms with Crippen molar-refractivity contribution < 1.29 is 13.9 Å². The average Bonchev–Trinajstić information content (AvgIpc) is 3.46. The topological polar surface area (TPSA) is 54.7 Å². The summed E-state index contributed by atoms with van der Waals surface area (Å²) in [5.74, 6) is 1.70. The molecule has 164 valence electrons. The molecule has 3 heterocycles. The molecule has 2 aromatic heterocycles. The van der Waals surface area contributed by atoms with E-state index < -0.39 is 0 Å². The van der Waals surface area contributed by atoms with Crippen LogP contribution in [0.4, 0.5) is 5.00 Å². The summed E-state index contributed by atoms with van der Waals surface area (Å²) in [6, 6.07) is 14.0. The Morgan fingerprint density at radius 2 is 2.06 bits per heavy atom. The van der Waals surface area contributed by atoms with Crippen LogP contribution in [-0.4, -0.2) is 31.0 Å². The van der Waals surface area contributed by atoms with E-state index in [1.807, 2.05) is 12.1 Å². The molecule has 0 spiro atoms. The quantitative estimate of drug-likeness (QED) is 0.493. The molecule has 1 amide bonds. The van der Waals surface area contributed by atoms with E-state index in [1.165, 1.54) is 29.5 Å². The highest BCUT2D eigenvalue weighted by Gasteiger charge is 2.30. The van der Waals surface area contributed by atoms with Crippen molar-refractivity contribution in [1.29, 1.82) is 0 Å². The standard InChI is InChI=1S/C25H30N2O3S/c1-4-20-16-21(25(31-20)26-24(28)22-9-6-14-30-22)23(27-12-10-17(2)11-13-27)18-7-5-8-19(15-18)29-3/h5-9,14-17,23H,4,10-13H2,1-3H3,(H,26,28)/t23-/m1/s1. The molecule has 31 heavy (non-hydrogen) atoms. The third-order valence-corrected chi connectivity index (χ3v) is 7.23. The van der Waals surface area contributed by atoms with Crippen molar-refractivity contribution in [1.82, 2.24) is 4.90 Å². The zero-order chi connectivity index (χ0) is 21.8. The number of piperidine rings is 1. The van der Waals surface area contributed by atoms with E-state index >= 15 is 0 Å². The first-order valence-electron chi connectivity index (χ1n) is 10.9. The lowest BCUT2D eigenvalue weighted by Crippen LogP contribution is -2.37. The number of nitrogens with one attached hydrogen (secondary N) is 1. The lowest BCUT2D eigenvalue weighted by molar-refractivity contribution is 0.0996. The van der Waals surface area contributed by atoms with E-state index in [-0.39, 0.29) is 11.9 Å². The number of furan rings is 1. The van der Waals surface area contributed by atoms with Crippen LogP contribution in [0.25, 0.3) is 0 Å². The molecule has 1 aliphatic rings. The van der Waals surface area contributed by atoms with Crippen molar-refractivity contribution in [2.45, 2.75) is 39.2 Å². The fourth-order valence-corrected chi connectivity index (χ4v) is 5.22. The number of rotatable bonds is 7. The maximum Gasteiger partial charge on any atom is 0.291 e. The Morgan fingerprint density at radius 3 is 2.74 bits per heavy atom. The van der Waals surface area contributed by atoms with Gasteiger partial charge in [-0.05, 0) is 74.2 Å². The molecule has 1 N–H and O–H groups in total. The molecular weight excluding hydrogens is 408 g/mol. The van der Waals surface area contributed by atoms with Crippen LogP contribution < -0.4 is 10.1 Å². The summed E-state index contributed by atoms with van der Waals surface area (Å²) in [5.41, 5.74) is 2.33. The molecule has 0 aliphatic carbocycles. The van der Waals surface area contributed by atoms with Gasteiger partial charge < -0.3 is 14.5 Å². The number of hydrogen-bond donors (Lipinski definition) is 1. The number of methoxy groups -OCH3 is 1. The zero-order valence-corrected chi connectivity index (χ0v) is 19.2. The number of benzene rings is 1. The van der Waals surface area contributed by atoms with Crippen LogP contribution in [-0.2, 0) is 6.42 Å². The molecule has 0 radical (unpaired) electrons. The van der Waals surface area contributed by atoms with Crippen LogP contribution in [0.1, 0.15) is 59.3 Å². The Bertz CT molecular complexity index is 1000. The lowest BCUT2D eigenvalue weighted by Gasteiger charge is -2.37. The second-order valence-electron chi connectivity index (χ2n) is 8.18. The van der Waals surface area contributed by atoms with Crippen LogP contribution in [0.2, 0.25) is 0 Å². The fraction of sp³-hybridized carbons (Fsp3) is 0.400. The van der Waals surface area contributed by atoms with Crippen molar-refractivity contribution in [3.8, 4) is 5.75 Å². The number of anilines is 1. The Kier molecular flexibility index (Phi) is 6.78. The Morgan fingerprint density at radius 1 is 1.26 bits per heavy atom. The smallest absolute Gasteiger partial charge is 0.291 e. The summed E-state index contributed by atoms with van der Waals surface area (Å²) in [4.78, 5) is 16.6. The number of carbonyl (C=O) groups is 1. The van der Waals surface area contributed by atoms with Crippen LogP contribution in [0.3, 0.4) is 0 Å². The van der Waals surface area contributed by atoms with Crippen LogP contribution in [0, 0.1) is 5.92 Å². The van der Waals surface area contributed by atoms with Gasteiger partial charge in [0.2, 0.25) is 0 Å². The molecular formula is C25H30N2O3S. The molecule has 1 fully saturated rings. The molecule has 1 aliphatic heterocycles. The van der Waals surface area contributed by atoms with Gasteiger partial charge in [-0.3, -0.25) is 9.69 Å². The van der Waals surface area contributed by atoms with Crippen molar-refractivity contribution in [3.05, 3.63) is 70.5 Å². The molecule has 1 saturated heterocycles. The zero-order valence-electron chi connectivity index (χ0n) is 18.4. The minimum absolute atomic E-state index is 0.0612. The van der Waals surface area contributed by atoms with E-state index in [4.69, 9.17) is 9.15 Å².